The lowest BCUT2D eigenvalue weighted by molar-refractivity contribution is 0.0945. The Hall–Kier alpha value is -1.25. The normalized spacial score (nSPS) is 8.86. The second-order valence-corrected chi connectivity index (χ2v) is 2.76. The van der Waals surface area contributed by atoms with E-state index < -0.39 is 0 Å². The molecule has 1 N–H and O–H groups in total. The first-order chi connectivity index (χ1) is 6.75. The third-order valence-electron chi connectivity index (χ3n) is 1.71. The van der Waals surface area contributed by atoms with Crippen molar-refractivity contribution in [1.29, 1.82) is 0 Å². The standard InChI is InChI=1S/C9H14N2O.C2H6/c1-3-6-10-9(12)8-5-4-7-11(8)2;1-2/h4-5,7H,3,6H2,1-2H3,(H,10,12);1-2H3. The average Bonchev–Trinajstić information content (AvgIpc) is 2.64. The van der Waals surface area contributed by atoms with Gasteiger partial charge < -0.3 is 9.88 Å². The number of hydrogen-bond acceptors (Lipinski definition) is 1. The van der Waals surface area contributed by atoms with Crippen LogP contribution in [0.2, 0.25) is 0 Å². The van der Waals surface area contributed by atoms with Gasteiger partial charge in [-0.15, -0.1) is 0 Å². The summed E-state index contributed by atoms with van der Waals surface area (Å²) >= 11 is 0. The van der Waals surface area contributed by atoms with Gasteiger partial charge in [0, 0.05) is 19.8 Å². The maximum Gasteiger partial charge on any atom is 0.267 e. The maximum absolute atomic E-state index is 11.4. The minimum Gasteiger partial charge on any atom is -0.351 e. The highest BCUT2D eigenvalue weighted by Gasteiger charge is 2.05. The summed E-state index contributed by atoms with van der Waals surface area (Å²) < 4.78 is 1.81. The molecule has 0 saturated carbocycles. The fourth-order valence-corrected chi connectivity index (χ4v) is 1.03. The molecule has 1 amide bonds. The van der Waals surface area contributed by atoms with Crippen LogP contribution in [0, 0.1) is 0 Å². The van der Waals surface area contributed by atoms with E-state index in [9.17, 15) is 4.79 Å². The quantitative estimate of drug-likeness (QED) is 0.790. The summed E-state index contributed by atoms with van der Waals surface area (Å²) in [4.78, 5) is 11.4. The molecule has 0 spiro atoms. The third kappa shape index (κ3) is 3.64. The maximum atomic E-state index is 11.4. The molecule has 0 bridgehead atoms. The van der Waals surface area contributed by atoms with Crippen LogP contribution in [0.25, 0.3) is 0 Å². The first-order valence-electron chi connectivity index (χ1n) is 5.15. The minimum absolute atomic E-state index is 0.00403. The number of aryl methyl sites for hydroxylation is 1. The van der Waals surface area contributed by atoms with Crippen LogP contribution >= 0.6 is 0 Å². The predicted octanol–water partition coefficient (Wildman–Crippen LogP) is 2.19. The summed E-state index contributed by atoms with van der Waals surface area (Å²) in [7, 11) is 1.86. The van der Waals surface area contributed by atoms with E-state index in [0.717, 1.165) is 13.0 Å². The van der Waals surface area contributed by atoms with E-state index in [1.807, 2.05) is 50.7 Å². The van der Waals surface area contributed by atoms with Crippen molar-refractivity contribution in [2.24, 2.45) is 7.05 Å². The summed E-state index contributed by atoms with van der Waals surface area (Å²) in [6, 6.07) is 3.67. The van der Waals surface area contributed by atoms with Gasteiger partial charge >= 0.3 is 0 Å². The van der Waals surface area contributed by atoms with Crippen LogP contribution in [-0.4, -0.2) is 17.0 Å². The molecule has 0 radical (unpaired) electrons. The Morgan fingerprint density at radius 1 is 1.50 bits per heavy atom. The molecule has 0 aliphatic rings. The Morgan fingerprint density at radius 3 is 2.57 bits per heavy atom. The molecular weight excluding hydrogens is 176 g/mol. The van der Waals surface area contributed by atoms with Crippen molar-refractivity contribution in [3.05, 3.63) is 24.0 Å². The van der Waals surface area contributed by atoms with Crippen LogP contribution in [0.3, 0.4) is 0 Å². The van der Waals surface area contributed by atoms with Crippen LogP contribution in [0.1, 0.15) is 37.7 Å². The molecule has 0 saturated heterocycles. The van der Waals surface area contributed by atoms with Crippen molar-refractivity contribution in [1.82, 2.24) is 9.88 Å². The summed E-state index contributed by atoms with van der Waals surface area (Å²) in [6.45, 7) is 6.77. The molecule has 0 unspecified atom stereocenters. The Labute approximate surface area is 86.1 Å². The van der Waals surface area contributed by atoms with E-state index in [1.165, 1.54) is 0 Å². The van der Waals surface area contributed by atoms with Gasteiger partial charge in [0.05, 0.1) is 0 Å². The Kier molecular flexibility index (Phi) is 6.54. The Balaban J connectivity index is 0.000000791. The monoisotopic (exact) mass is 196 g/mol. The van der Waals surface area contributed by atoms with Gasteiger partial charge in [-0.3, -0.25) is 4.79 Å². The van der Waals surface area contributed by atoms with Gasteiger partial charge in [0.2, 0.25) is 0 Å². The lowest BCUT2D eigenvalue weighted by Crippen LogP contribution is -2.25. The van der Waals surface area contributed by atoms with E-state index in [1.54, 1.807) is 0 Å². The Morgan fingerprint density at radius 2 is 2.14 bits per heavy atom. The number of aromatic nitrogens is 1. The fraction of sp³-hybridized carbons (Fsp3) is 0.545. The molecule has 14 heavy (non-hydrogen) atoms. The molecule has 3 nitrogen and oxygen atoms in total. The third-order valence-corrected chi connectivity index (χ3v) is 1.71. The molecule has 1 aromatic rings. The molecule has 1 rings (SSSR count). The SMILES string of the molecule is CC.CCCNC(=O)c1cccn1C. The minimum atomic E-state index is 0.00403. The zero-order valence-electron chi connectivity index (χ0n) is 9.50. The van der Waals surface area contributed by atoms with E-state index in [-0.39, 0.29) is 5.91 Å². The molecule has 0 fully saturated rings. The van der Waals surface area contributed by atoms with Crippen LogP contribution in [0.4, 0.5) is 0 Å². The average molecular weight is 196 g/mol. The van der Waals surface area contributed by atoms with Crippen molar-refractivity contribution in [3.63, 3.8) is 0 Å². The van der Waals surface area contributed by atoms with Crippen molar-refractivity contribution in [2.75, 3.05) is 6.54 Å². The van der Waals surface area contributed by atoms with Crippen molar-refractivity contribution in [2.45, 2.75) is 27.2 Å². The number of nitrogens with one attached hydrogen (secondary N) is 1. The van der Waals surface area contributed by atoms with Crippen LogP contribution in [-0.2, 0) is 7.05 Å². The summed E-state index contributed by atoms with van der Waals surface area (Å²) in [5.74, 6) is 0.00403. The smallest absolute Gasteiger partial charge is 0.267 e. The summed E-state index contributed by atoms with van der Waals surface area (Å²) in [5, 5.41) is 2.82. The van der Waals surface area contributed by atoms with Crippen molar-refractivity contribution in [3.8, 4) is 0 Å². The van der Waals surface area contributed by atoms with Gasteiger partial charge in [0.1, 0.15) is 5.69 Å². The highest BCUT2D eigenvalue weighted by Crippen LogP contribution is 1.98. The van der Waals surface area contributed by atoms with Gasteiger partial charge in [0.25, 0.3) is 5.91 Å². The largest absolute Gasteiger partial charge is 0.351 e. The van der Waals surface area contributed by atoms with E-state index in [2.05, 4.69) is 5.32 Å². The highest BCUT2D eigenvalue weighted by molar-refractivity contribution is 5.92. The van der Waals surface area contributed by atoms with Gasteiger partial charge in [-0.05, 0) is 18.6 Å². The van der Waals surface area contributed by atoms with Crippen molar-refractivity contribution >= 4 is 5.91 Å². The van der Waals surface area contributed by atoms with Crippen LogP contribution < -0.4 is 5.32 Å². The predicted molar refractivity (Wildman–Crippen MR) is 59.4 cm³/mol. The summed E-state index contributed by atoms with van der Waals surface area (Å²) in [5.41, 5.74) is 0.712. The molecule has 0 aliphatic carbocycles. The first kappa shape index (κ1) is 12.8. The topological polar surface area (TPSA) is 34.0 Å². The van der Waals surface area contributed by atoms with Crippen LogP contribution in [0.5, 0.6) is 0 Å². The van der Waals surface area contributed by atoms with Crippen molar-refractivity contribution < 1.29 is 4.79 Å². The van der Waals surface area contributed by atoms with Crippen LogP contribution in [0.15, 0.2) is 18.3 Å². The molecule has 80 valence electrons. The number of carbonyl (C=O) groups excluding carboxylic acids is 1. The van der Waals surface area contributed by atoms with E-state index in [4.69, 9.17) is 0 Å². The highest BCUT2D eigenvalue weighted by atomic mass is 16.1. The molecule has 3 heteroatoms. The zero-order valence-corrected chi connectivity index (χ0v) is 9.50. The molecule has 1 aromatic heterocycles. The fourth-order valence-electron chi connectivity index (χ4n) is 1.03. The first-order valence-corrected chi connectivity index (χ1v) is 5.15. The number of carbonyl (C=O) groups is 1. The second-order valence-electron chi connectivity index (χ2n) is 2.76. The second kappa shape index (κ2) is 7.18. The number of nitrogens with zero attached hydrogens (tertiary/aromatic N) is 1. The lowest BCUT2D eigenvalue weighted by atomic mass is 10.4. The number of hydrogen-bond donors (Lipinski definition) is 1. The molecule has 0 atom stereocenters. The van der Waals surface area contributed by atoms with Gasteiger partial charge in [-0.25, -0.2) is 0 Å². The zero-order chi connectivity index (χ0) is 11.0. The number of rotatable bonds is 3. The van der Waals surface area contributed by atoms with E-state index >= 15 is 0 Å². The molecule has 0 aliphatic heterocycles. The molecule has 0 aromatic carbocycles. The Bertz CT molecular complexity index is 266. The molecular formula is C11H20N2O. The molecule has 1 heterocycles. The van der Waals surface area contributed by atoms with E-state index in [0.29, 0.717) is 5.69 Å². The van der Waals surface area contributed by atoms with Gasteiger partial charge in [0.15, 0.2) is 0 Å². The van der Waals surface area contributed by atoms with Gasteiger partial charge in [-0.2, -0.15) is 0 Å². The lowest BCUT2D eigenvalue weighted by Gasteiger charge is -2.03. The van der Waals surface area contributed by atoms with Gasteiger partial charge in [-0.1, -0.05) is 20.8 Å². The number of amides is 1. The summed E-state index contributed by atoms with van der Waals surface area (Å²) in [6.07, 6.45) is 2.83.